The van der Waals surface area contributed by atoms with E-state index in [1.807, 2.05) is 31.2 Å². The number of nitrogens with zero attached hydrogens (tertiary/aromatic N) is 1. The fourth-order valence-electron chi connectivity index (χ4n) is 3.75. The molecule has 1 amide bonds. The third-order valence-electron chi connectivity index (χ3n) is 5.50. The van der Waals surface area contributed by atoms with Gasteiger partial charge in [-0.05, 0) is 43.0 Å². The SMILES string of the molecule is Cc1ccccc1CNC(=O)[C@@H]1CCCN(S(=O)(=O)c2ccc3[nH]c(=O)oc3c2)C1. The Morgan fingerprint density at radius 1 is 1.27 bits per heavy atom. The second-order valence-corrected chi connectivity index (χ2v) is 9.46. The van der Waals surface area contributed by atoms with E-state index >= 15 is 0 Å². The maximum Gasteiger partial charge on any atom is 0.417 e. The van der Waals surface area contributed by atoms with E-state index in [1.54, 1.807) is 0 Å². The van der Waals surface area contributed by atoms with Crippen LogP contribution in [0.1, 0.15) is 24.0 Å². The highest BCUT2D eigenvalue weighted by molar-refractivity contribution is 7.89. The zero-order valence-corrected chi connectivity index (χ0v) is 17.4. The second-order valence-electron chi connectivity index (χ2n) is 7.52. The van der Waals surface area contributed by atoms with Gasteiger partial charge >= 0.3 is 5.76 Å². The van der Waals surface area contributed by atoms with Gasteiger partial charge in [0.1, 0.15) is 0 Å². The normalized spacial score (nSPS) is 17.8. The van der Waals surface area contributed by atoms with Crippen molar-refractivity contribution in [3.05, 3.63) is 64.1 Å². The van der Waals surface area contributed by atoms with Crippen LogP contribution in [0.25, 0.3) is 11.1 Å². The van der Waals surface area contributed by atoms with Gasteiger partial charge in [0.05, 0.1) is 16.3 Å². The van der Waals surface area contributed by atoms with Crippen molar-refractivity contribution in [2.24, 2.45) is 5.92 Å². The van der Waals surface area contributed by atoms with Crippen molar-refractivity contribution >= 4 is 27.0 Å². The Labute approximate surface area is 173 Å². The Morgan fingerprint density at radius 3 is 2.87 bits per heavy atom. The van der Waals surface area contributed by atoms with E-state index in [0.29, 0.717) is 31.4 Å². The standard InChI is InChI=1S/C21H23N3O5S/c1-14-5-2-3-6-15(14)12-22-20(25)16-7-4-10-24(13-16)30(27,28)17-8-9-18-19(11-17)29-21(26)23-18/h2-3,5-6,8-9,11,16H,4,7,10,12-13H2,1H3,(H,22,25)(H,23,26)/t16-/m1/s1. The molecule has 1 aromatic heterocycles. The Balaban J connectivity index is 1.47. The number of benzene rings is 2. The van der Waals surface area contributed by atoms with E-state index in [-0.39, 0.29) is 22.9 Å². The highest BCUT2D eigenvalue weighted by Crippen LogP contribution is 2.26. The molecule has 158 valence electrons. The number of amides is 1. The van der Waals surface area contributed by atoms with Crippen LogP contribution >= 0.6 is 0 Å². The largest absolute Gasteiger partial charge is 0.417 e. The van der Waals surface area contributed by atoms with Crippen LogP contribution in [0.4, 0.5) is 0 Å². The number of carbonyl (C=O) groups excluding carboxylic acids is 1. The van der Waals surface area contributed by atoms with Gasteiger partial charge in [0.15, 0.2) is 5.58 Å². The van der Waals surface area contributed by atoms with E-state index in [4.69, 9.17) is 4.42 Å². The lowest BCUT2D eigenvalue weighted by Gasteiger charge is -2.31. The van der Waals surface area contributed by atoms with Crippen LogP contribution in [0, 0.1) is 12.8 Å². The molecule has 0 unspecified atom stereocenters. The molecule has 1 fully saturated rings. The van der Waals surface area contributed by atoms with E-state index < -0.39 is 21.7 Å². The number of fused-ring (bicyclic) bond motifs is 1. The van der Waals surface area contributed by atoms with Crippen LogP contribution in [0.2, 0.25) is 0 Å². The molecule has 4 rings (SSSR count). The summed E-state index contributed by atoms with van der Waals surface area (Å²) >= 11 is 0. The lowest BCUT2D eigenvalue weighted by Crippen LogP contribution is -2.45. The first-order chi connectivity index (χ1) is 14.3. The van der Waals surface area contributed by atoms with Crippen molar-refractivity contribution in [1.82, 2.24) is 14.6 Å². The fraction of sp³-hybridized carbons (Fsp3) is 0.333. The van der Waals surface area contributed by atoms with Gasteiger partial charge in [-0.3, -0.25) is 9.78 Å². The molecule has 0 radical (unpaired) electrons. The molecule has 3 aromatic rings. The molecule has 1 saturated heterocycles. The Kier molecular flexibility index (Phi) is 5.48. The molecule has 2 heterocycles. The molecule has 0 bridgehead atoms. The Hall–Kier alpha value is -2.91. The summed E-state index contributed by atoms with van der Waals surface area (Å²) in [5.74, 6) is -1.19. The third kappa shape index (κ3) is 4.03. The van der Waals surface area contributed by atoms with Crippen LogP contribution in [0.3, 0.4) is 0 Å². The monoisotopic (exact) mass is 429 g/mol. The minimum atomic E-state index is -3.81. The summed E-state index contributed by atoms with van der Waals surface area (Å²) in [6.45, 7) is 2.87. The molecule has 2 N–H and O–H groups in total. The van der Waals surface area contributed by atoms with Crippen molar-refractivity contribution in [2.75, 3.05) is 13.1 Å². The minimum Gasteiger partial charge on any atom is -0.408 e. The first kappa shape index (κ1) is 20.4. The molecule has 30 heavy (non-hydrogen) atoms. The highest BCUT2D eigenvalue weighted by Gasteiger charge is 2.33. The summed E-state index contributed by atoms with van der Waals surface area (Å²) in [6, 6.07) is 12.1. The van der Waals surface area contributed by atoms with Gasteiger partial charge in [0.2, 0.25) is 15.9 Å². The van der Waals surface area contributed by atoms with Crippen LogP contribution in [0.15, 0.2) is 56.6 Å². The fourth-order valence-corrected chi connectivity index (χ4v) is 5.28. The summed E-state index contributed by atoms with van der Waals surface area (Å²) in [7, 11) is -3.81. The first-order valence-electron chi connectivity index (χ1n) is 9.80. The van der Waals surface area contributed by atoms with Gasteiger partial charge in [-0.2, -0.15) is 4.31 Å². The van der Waals surface area contributed by atoms with Gasteiger partial charge in [0.25, 0.3) is 0 Å². The summed E-state index contributed by atoms with van der Waals surface area (Å²) in [5.41, 5.74) is 2.75. The molecule has 1 atom stereocenters. The second kappa shape index (κ2) is 8.08. The number of aryl methyl sites for hydroxylation is 1. The number of hydrogen-bond donors (Lipinski definition) is 2. The molecule has 9 heteroatoms. The number of carbonyl (C=O) groups is 1. The van der Waals surface area contributed by atoms with Crippen LogP contribution < -0.4 is 11.1 Å². The molecule has 2 aromatic carbocycles. The lowest BCUT2D eigenvalue weighted by atomic mass is 9.98. The maximum absolute atomic E-state index is 13.1. The van der Waals surface area contributed by atoms with Gasteiger partial charge < -0.3 is 9.73 Å². The minimum absolute atomic E-state index is 0.0405. The molecule has 8 nitrogen and oxygen atoms in total. The number of nitrogens with one attached hydrogen (secondary N) is 2. The van der Waals surface area contributed by atoms with Crippen molar-refractivity contribution < 1.29 is 17.6 Å². The highest BCUT2D eigenvalue weighted by atomic mass is 32.2. The van der Waals surface area contributed by atoms with E-state index in [9.17, 15) is 18.0 Å². The number of piperidine rings is 1. The van der Waals surface area contributed by atoms with E-state index in [1.165, 1.54) is 22.5 Å². The van der Waals surface area contributed by atoms with Gasteiger partial charge in [-0.1, -0.05) is 24.3 Å². The average Bonchev–Trinajstić information content (AvgIpc) is 3.12. The number of aromatic amines is 1. The predicted octanol–water partition coefficient (Wildman–Crippen LogP) is 2.15. The summed E-state index contributed by atoms with van der Waals surface area (Å²) in [4.78, 5) is 26.5. The smallest absolute Gasteiger partial charge is 0.408 e. The number of rotatable bonds is 5. The van der Waals surface area contributed by atoms with Crippen molar-refractivity contribution in [3.8, 4) is 0 Å². The first-order valence-corrected chi connectivity index (χ1v) is 11.2. The average molecular weight is 429 g/mol. The topological polar surface area (TPSA) is 112 Å². The van der Waals surface area contributed by atoms with Crippen LogP contribution in [0.5, 0.6) is 0 Å². The molecule has 0 spiro atoms. The number of sulfonamides is 1. The Morgan fingerprint density at radius 2 is 2.07 bits per heavy atom. The van der Waals surface area contributed by atoms with Gasteiger partial charge in [-0.15, -0.1) is 0 Å². The maximum atomic E-state index is 13.1. The van der Waals surface area contributed by atoms with Crippen molar-refractivity contribution in [1.29, 1.82) is 0 Å². The number of aromatic nitrogens is 1. The van der Waals surface area contributed by atoms with E-state index in [2.05, 4.69) is 10.3 Å². The number of H-pyrrole nitrogens is 1. The molecule has 1 aliphatic rings. The van der Waals surface area contributed by atoms with Gasteiger partial charge in [-0.25, -0.2) is 13.2 Å². The lowest BCUT2D eigenvalue weighted by molar-refractivity contribution is -0.126. The zero-order chi connectivity index (χ0) is 21.3. The predicted molar refractivity (Wildman–Crippen MR) is 111 cm³/mol. The molecular weight excluding hydrogens is 406 g/mol. The molecule has 1 aliphatic heterocycles. The van der Waals surface area contributed by atoms with Gasteiger partial charge in [0, 0.05) is 25.7 Å². The third-order valence-corrected chi connectivity index (χ3v) is 7.36. The Bertz CT molecular complexity index is 1240. The van der Waals surface area contributed by atoms with Crippen LogP contribution in [-0.2, 0) is 21.4 Å². The van der Waals surface area contributed by atoms with E-state index in [0.717, 1.165) is 11.1 Å². The summed E-state index contributed by atoms with van der Waals surface area (Å²) in [6.07, 6.45) is 1.24. The van der Waals surface area contributed by atoms with Crippen molar-refractivity contribution in [3.63, 3.8) is 0 Å². The number of hydrogen-bond acceptors (Lipinski definition) is 5. The molecule has 0 saturated carbocycles. The quantitative estimate of drug-likeness (QED) is 0.645. The summed E-state index contributed by atoms with van der Waals surface area (Å²) < 4.78 is 32.5. The molecule has 0 aliphatic carbocycles. The molecular formula is C21H23N3O5S. The summed E-state index contributed by atoms with van der Waals surface area (Å²) in [5, 5.41) is 2.93. The van der Waals surface area contributed by atoms with Crippen molar-refractivity contribution in [2.45, 2.75) is 31.2 Å². The number of oxazole rings is 1. The van der Waals surface area contributed by atoms with Crippen LogP contribution in [-0.4, -0.2) is 36.7 Å². The zero-order valence-electron chi connectivity index (χ0n) is 16.6.